The number of nitrogens with one attached hydrogen (secondary N) is 1. The highest BCUT2D eigenvalue weighted by molar-refractivity contribution is 6.33. The molecule has 0 atom stereocenters. The lowest BCUT2D eigenvalue weighted by molar-refractivity contribution is -0.116. The summed E-state index contributed by atoms with van der Waals surface area (Å²) in [5, 5.41) is 3.31. The maximum atomic E-state index is 11.4. The van der Waals surface area contributed by atoms with Gasteiger partial charge in [-0.3, -0.25) is 4.79 Å². The molecule has 0 spiro atoms. The van der Waals surface area contributed by atoms with Gasteiger partial charge in [-0.1, -0.05) is 17.7 Å². The van der Waals surface area contributed by atoms with Crippen LogP contribution in [0.25, 0.3) is 0 Å². The van der Waals surface area contributed by atoms with Gasteiger partial charge in [-0.15, -0.1) is 12.4 Å². The van der Waals surface area contributed by atoms with Crippen molar-refractivity contribution in [3.8, 4) is 0 Å². The lowest BCUT2D eigenvalue weighted by atomic mass is 10.2. The topological polar surface area (TPSA) is 55.1 Å². The first-order chi connectivity index (χ1) is 7.13. The summed E-state index contributed by atoms with van der Waals surface area (Å²) in [6.07, 6.45) is 1.12. The Morgan fingerprint density at radius 1 is 1.50 bits per heavy atom. The highest BCUT2D eigenvalue weighted by Gasteiger charge is 2.04. The Morgan fingerprint density at radius 2 is 2.19 bits per heavy atom. The summed E-state index contributed by atoms with van der Waals surface area (Å²) in [7, 11) is 0. The lowest BCUT2D eigenvalue weighted by Crippen LogP contribution is -2.13. The van der Waals surface area contributed by atoms with Gasteiger partial charge in [-0.2, -0.15) is 0 Å². The average Bonchev–Trinajstić information content (AvgIpc) is 2.19. The predicted octanol–water partition coefficient (Wildman–Crippen LogP) is 2.75. The van der Waals surface area contributed by atoms with E-state index in [4.69, 9.17) is 17.3 Å². The van der Waals surface area contributed by atoms with Crippen LogP contribution in [0.4, 0.5) is 5.69 Å². The molecule has 0 fully saturated rings. The predicted molar refractivity (Wildman–Crippen MR) is 70.4 cm³/mol. The molecule has 5 heteroatoms. The van der Waals surface area contributed by atoms with E-state index in [1.54, 1.807) is 6.07 Å². The molecule has 0 heterocycles. The summed E-state index contributed by atoms with van der Waals surface area (Å²) < 4.78 is 0. The molecule has 90 valence electrons. The number of rotatable bonds is 4. The van der Waals surface area contributed by atoms with Crippen LogP contribution >= 0.6 is 24.0 Å². The van der Waals surface area contributed by atoms with Gasteiger partial charge in [0.05, 0.1) is 10.7 Å². The molecule has 1 amide bonds. The molecule has 1 rings (SSSR count). The first kappa shape index (κ1) is 15.2. The quantitative estimate of drug-likeness (QED) is 0.877. The molecule has 0 saturated carbocycles. The van der Waals surface area contributed by atoms with Gasteiger partial charge in [0.1, 0.15) is 0 Å². The molecule has 0 saturated heterocycles. The Balaban J connectivity index is 0.00000225. The number of carbonyl (C=O) groups excluding carboxylic acids is 1. The van der Waals surface area contributed by atoms with Crippen LogP contribution in [0.3, 0.4) is 0 Å². The van der Waals surface area contributed by atoms with Crippen molar-refractivity contribution in [2.24, 2.45) is 5.73 Å². The number of amides is 1. The minimum Gasteiger partial charge on any atom is -0.330 e. The minimum absolute atomic E-state index is 0. The van der Waals surface area contributed by atoms with Crippen molar-refractivity contribution in [3.63, 3.8) is 0 Å². The summed E-state index contributed by atoms with van der Waals surface area (Å²) in [6.45, 7) is 2.47. The van der Waals surface area contributed by atoms with Gasteiger partial charge in [-0.05, 0) is 37.6 Å². The molecule has 0 radical (unpaired) electrons. The number of halogens is 2. The van der Waals surface area contributed by atoms with Crippen LogP contribution < -0.4 is 11.1 Å². The van der Waals surface area contributed by atoms with Crippen LogP contribution in [0.2, 0.25) is 5.02 Å². The van der Waals surface area contributed by atoms with Crippen LogP contribution in [0.5, 0.6) is 0 Å². The van der Waals surface area contributed by atoms with Gasteiger partial charge in [-0.25, -0.2) is 0 Å². The zero-order valence-corrected chi connectivity index (χ0v) is 10.7. The third-order valence-electron chi connectivity index (χ3n) is 2.01. The summed E-state index contributed by atoms with van der Waals surface area (Å²) in [4.78, 5) is 11.4. The zero-order valence-electron chi connectivity index (χ0n) is 9.13. The number of carbonyl (C=O) groups is 1. The fraction of sp³-hybridized carbons (Fsp3) is 0.364. The summed E-state index contributed by atoms with van der Waals surface area (Å²) >= 11 is 5.97. The maximum Gasteiger partial charge on any atom is 0.224 e. The molecule has 16 heavy (non-hydrogen) atoms. The Kier molecular flexibility index (Phi) is 7.13. The Hall–Kier alpha value is -0.770. The van der Waals surface area contributed by atoms with Gasteiger partial charge in [0.15, 0.2) is 0 Å². The molecule has 3 N–H and O–H groups in total. The fourth-order valence-electron chi connectivity index (χ4n) is 1.20. The van der Waals surface area contributed by atoms with E-state index in [1.165, 1.54) is 0 Å². The summed E-state index contributed by atoms with van der Waals surface area (Å²) in [5.41, 5.74) is 7.04. The average molecular weight is 263 g/mol. The number of hydrogen-bond acceptors (Lipinski definition) is 2. The van der Waals surface area contributed by atoms with Crippen molar-refractivity contribution in [2.45, 2.75) is 19.8 Å². The molecule has 0 aromatic heterocycles. The molecule has 1 aromatic rings. The van der Waals surface area contributed by atoms with Crippen molar-refractivity contribution >= 4 is 35.6 Å². The third-order valence-corrected chi connectivity index (χ3v) is 2.32. The van der Waals surface area contributed by atoms with E-state index >= 15 is 0 Å². The van der Waals surface area contributed by atoms with Crippen LogP contribution in [-0.2, 0) is 4.79 Å². The van der Waals surface area contributed by atoms with Gasteiger partial charge < -0.3 is 11.1 Å². The highest BCUT2D eigenvalue weighted by Crippen LogP contribution is 2.22. The van der Waals surface area contributed by atoms with Gasteiger partial charge in [0.2, 0.25) is 5.91 Å². The number of benzene rings is 1. The first-order valence-corrected chi connectivity index (χ1v) is 5.27. The van der Waals surface area contributed by atoms with E-state index in [2.05, 4.69) is 5.32 Å². The maximum absolute atomic E-state index is 11.4. The molecule has 0 aliphatic carbocycles. The van der Waals surface area contributed by atoms with Crippen LogP contribution in [0, 0.1) is 6.92 Å². The molecule has 0 aliphatic rings. The summed E-state index contributed by atoms with van der Waals surface area (Å²) in [6, 6.07) is 5.53. The van der Waals surface area contributed by atoms with Gasteiger partial charge in [0.25, 0.3) is 0 Å². The second kappa shape index (κ2) is 7.49. The van der Waals surface area contributed by atoms with E-state index in [9.17, 15) is 4.79 Å². The van der Waals surface area contributed by atoms with Crippen molar-refractivity contribution in [3.05, 3.63) is 28.8 Å². The smallest absolute Gasteiger partial charge is 0.224 e. The van der Waals surface area contributed by atoms with E-state index in [0.717, 1.165) is 5.56 Å². The molecule has 3 nitrogen and oxygen atoms in total. The molecule has 0 bridgehead atoms. The largest absolute Gasteiger partial charge is 0.330 e. The van der Waals surface area contributed by atoms with Crippen molar-refractivity contribution < 1.29 is 4.79 Å². The highest BCUT2D eigenvalue weighted by atomic mass is 35.5. The zero-order chi connectivity index (χ0) is 11.3. The number of anilines is 1. The van der Waals surface area contributed by atoms with Crippen LogP contribution in [0.15, 0.2) is 18.2 Å². The third kappa shape index (κ3) is 4.84. The van der Waals surface area contributed by atoms with E-state index in [0.29, 0.717) is 30.1 Å². The monoisotopic (exact) mass is 262 g/mol. The second-order valence-electron chi connectivity index (χ2n) is 3.42. The molecule has 0 unspecified atom stereocenters. The molecule has 0 aliphatic heterocycles. The second-order valence-corrected chi connectivity index (χ2v) is 3.83. The van der Waals surface area contributed by atoms with Gasteiger partial charge in [0, 0.05) is 6.42 Å². The van der Waals surface area contributed by atoms with E-state index < -0.39 is 0 Å². The van der Waals surface area contributed by atoms with E-state index in [1.807, 2.05) is 19.1 Å². The minimum atomic E-state index is -0.0498. The lowest BCUT2D eigenvalue weighted by Gasteiger charge is -2.07. The van der Waals surface area contributed by atoms with E-state index in [-0.39, 0.29) is 18.3 Å². The van der Waals surface area contributed by atoms with Crippen molar-refractivity contribution in [2.75, 3.05) is 11.9 Å². The Bertz CT molecular complexity index is 356. The number of nitrogens with two attached hydrogens (primary N) is 1. The standard InChI is InChI=1S/C11H15ClN2O.ClH/c1-8-4-5-10(9(12)7-8)14-11(15)3-2-6-13;/h4-5,7H,2-3,6,13H2,1H3,(H,14,15);1H. The molecular weight excluding hydrogens is 247 g/mol. The summed E-state index contributed by atoms with van der Waals surface area (Å²) in [5.74, 6) is -0.0498. The van der Waals surface area contributed by atoms with Gasteiger partial charge >= 0.3 is 0 Å². The molecule has 1 aromatic carbocycles. The van der Waals surface area contributed by atoms with Crippen molar-refractivity contribution in [1.29, 1.82) is 0 Å². The Morgan fingerprint density at radius 3 is 2.75 bits per heavy atom. The SMILES string of the molecule is Cc1ccc(NC(=O)CCCN)c(Cl)c1.Cl. The number of aryl methyl sites for hydroxylation is 1. The van der Waals surface area contributed by atoms with Crippen LogP contribution in [-0.4, -0.2) is 12.5 Å². The van der Waals surface area contributed by atoms with Crippen molar-refractivity contribution in [1.82, 2.24) is 0 Å². The number of hydrogen-bond donors (Lipinski definition) is 2. The van der Waals surface area contributed by atoms with Crippen LogP contribution in [0.1, 0.15) is 18.4 Å². The normalized spacial score (nSPS) is 9.44. The molecular formula is C11H16Cl2N2O. The Labute approximate surface area is 107 Å². The fourth-order valence-corrected chi connectivity index (χ4v) is 1.48. The first-order valence-electron chi connectivity index (χ1n) is 4.89.